The van der Waals surface area contributed by atoms with Crippen LogP contribution in [-0.2, 0) is 6.42 Å². The van der Waals surface area contributed by atoms with Crippen LogP contribution in [-0.4, -0.2) is 24.8 Å². The van der Waals surface area contributed by atoms with Gasteiger partial charge in [-0.15, -0.1) is 0 Å². The topological polar surface area (TPSA) is 65.3 Å². The minimum absolute atomic E-state index is 0.207. The molecule has 18 heavy (non-hydrogen) atoms. The lowest BCUT2D eigenvalue weighted by molar-refractivity contribution is 0.387. The summed E-state index contributed by atoms with van der Waals surface area (Å²) in [5.41, 5.74) is 1.29. The normalized spacial score (nSPS) is 19.2. The molecule has 0 aliphatic carbocycles. The summed E-state index contributed by atoms with van der Waals surface area (Å²) < 4.78 is 5.06. The molecule has 0 radical (unpaired) electrons. The van der Waals surface area contributed by atoms with Gasteiger partial charge in [0.1, 0.15) is 17.6 Å². The van der Waals surface area contributed by atoms with Crippen molar-refractivity contribution in [1.82, 2.24) is 5.32 Å². The van der Waals surface area contributed by atoms with E-state index < -0.39 is 0 Å². The Morgan fingerprint density at radius 3 is 2.94 bits per heavy atom. The Bertz CT molecular complexity index is 460. The molecule has 96 valence electrons. The van der Waals surface area contributed by atoms with E-state index in [9.17, 15) is 5.11 Å². The fourth-order valence-corrected chi connectivity index (χ4v) is 2.40. The van der Waals surface area contributed by atoms with Crippen molar-refractivity contribution >= 4 is 0 Å². The molecule has 1 fully saturated rings. The van der Waals surface area contributed by atoms with Gasteiger partial charge in [0.25, 0.3) is 0 Å². The third-order valence-electron chi connectivity index (χ3n) is 3.40. The number of phenols is 1. The fourth-order valence-electron chi connectivity index (χ4n) is 2.40. The highest BCUT2D eigenvalue weighted by Gasteiger charge is 2.16. The van der Waals surface area contributed by atoms with E-state index >= 15 is 0 Å². The first-order valence-electron chi connectivity index (χ1n) is 6.28. The molecule has 1 aromatic carbocycles. The van der Waals surface area contributed by atoms with Crippen LogP contribution in [0.3, 0.4) is 0 Å². The smallest absolute Gasteiger partial charge is 0.140 e. The first-order chi connectivity index (χ1) is 8.74. The highest BCUT2D eigenvalue weighted by Crippen LogP contribution is 2.29. The minimum Gasteiger partial charge on any atom is -0.508 e. The molecule has 1 heterocycles. The molecule has 1 saturated heterocycles. The average Bonchev–Trinajstić information content (AvgIpc) is 2.41. The molecule has 1 atom stereocenters. The lowest BCUT2D eigenvalue weighted by atomic mass is 9.96. The number of hydrogen-bond acceptors (Lipinski definition) is 4. The van der Waals surface area contributed by atoms with Crippen LogP contribution in [0.4, 0.5) is 0 Å². The number of aromatic hydroxyl groups is 1. The number of nitriles is 1. The highest BCUT2D eigenvalue weighted by atomic mass is 16.5. The van der Waals surface area contributed by atoms with Crippen LogP contribution in [0.25, 0.3) is 0 Å². The van der Waals surface area contributed by atoms with E-state index in [4.69, 9.17) is 10.00 Å². The highest BCUT2D eigenvalue weighted by molar-refractivity contribution is 5.51. The van der Waals surface area contributed by atoms with Gasteiger partial charge in [0.2, 0.25) is 0 Å². The van der Waals surface area contributed by atoms with Gasteiger partial charge >= 0.3 is 0 Å². The summed E-state index contributed by atoms with van der Waals surface area (Å²) in [5.74, 6) is 0.633. The summed E-state index contributed by atoms with van der Waals surface area (Å²) in [6.07, 6.45) is 4.31. The van der Waals surface area contributed by atoms with Crippen molar-refractivity contribution in [3.8, 4) is 17.6 Å². The van der Waals surface area contributed by atoms with E-state index in [1.807, 2.05) is 0 Å². The van der Waals surface area contributed by atoms with Crippen LogP contribution in [0.5, 0.6) is 11.5 Å². The predicted molar refractivity (Wildman–Crippen MR) is 68.7 cm³/mol. The second-order valence-corrected chi connectivity index (χ2v) is 4.64. The summed E-state index contributed by atoms with van der Waals surface area (Å²) in [4.78, 5) is 0. The predicted octanol–water partition coefficient (Wildman–Crippen LogP) is 1.96. The Balaban J connectivity index is 2.19. The first kappa shape index (κ1) is 12.7. The van der Waals surface area contributed by atoms with E-state index in [-0.39, 0.29) is 5.75 Å². The average molecular weight is 246 g/mol. The second kappa shape index (κ2) is 5.74. The molecule has 4 nitrogen and oxygen atoms in total. The summed E-state index contributed by atoms with van der Waals surface area (Å²) >= 11 is 0. The monoisotopic (exact) mass is 246 g/mol. The molecule has 1 aromatic rings. The molecule has 2 N–H and O–H groups in total. The van der Waals surface area contributed by atoms with E-state index in [0.717, 1.165) is 24.9 Å². The van der Waals surface area contributed by atoms with Gasteiger partial charge in [-0.05, 0) is 37.4 Å². The van der Waals surface area contributed by atoms with Crippen molar-refractivity contribution in [1.29, 1.82) is 5.26 Å². The molecular formula is C14H18N2O2. The third kappa shape index (κ3) is 2.74. The van der Waals surface area contributed by atoms with Gasteiger partial charge in [-0.1, -0.05) is 6.42 Å². The Morgan fingerprint density at radius 2 is 2.33 bits per heavy atom. The molecule has 1 aliphatic rings. The molecule has 1 unspecified atom stereocenters. The van der Waals surface area contributed by atoms with Crippen molar-refractivity contribution in [2.45, 2.75) is 31.7 Å². The van der Waals surface area contributed by atoms with Crippen LogP contribution in [0, 0.1) is 11.3 Å². The SMILES string of the molecule is COc1cc(O)c(CC2CCCCN2)cc1C#N. The fraction of sp³-hybridized carbons (Fsp3) is 0.500. The van der Waals surface area contributed by atoms with Crippen LogP contribution >= 0.6 is 0 Å². The zero-order valence-corrected chi connectivity index (χ0v) is 10.6. The van der Waals surface area contributed by atoms with Crippen molar-refractivity contribution < 1.29 is 9.84 Å². The summed E-state index contributed by atoms with van der Waals surface area (Å²) in [6, 6.07) is 5.74. The van der Waals surface area contributed by atoms with E-state index in [2.05, 4.69) is 11.4 Å². The number of hydrogen-bond donors (Lipinski definition) is 2. The largest absolute Gasteiger partial charge is 0.508 e. The maximum Gasteiger partial charge on any atom is 0.140 e. The van der Waals surface area contributed by atoms with E-state index in [0.29, 0.717) is 17.4 Å². The van der Waals surface area contributed by atoms with Crippen LogP contribution in [0.1, 0.15) is 30.4 Å². The maximum absolute atomic E-state index is 9.96. The Kier molecular flexibility index (Phi) is 4.06. The van der Waals surface area contributed by atoms with Gasteiger partial charge in [-0.3, -0.25) is 0 Å². The van der Waals surface area contributed by atoms with Crippen molar-refractivity contribution in [2.75, 3.05) is 13.7 Å². The number of nitrogens with one attached hydrogen (secondary N) is 1. The molecule has 2 rings (SSSR count). The van der Waals surface area contributed by atoms with Gasteiger partial charge in [0, 0.05) is 12.1 Å². The van der Waals surface area contributed by atoms with Gasteiger partial charge in [0.15, 0.2) is 0 Å². The number of rotatable bonds is 3. The van der Waals surface area contributed by atoms with Crippen LogP contribution < -0.4 is 10.1 Å². The Morgan fingerprint density at radius 1 is 1.50 bits per heavy atom. The number of nitrogens with zero attached hydrogens (tertiary/aromatic N) is 1. The zero-order chi connectivity index (χ0) is 13.0. The number of benzene rings is 1. The number of piperidine rings is 1. The van der Waals surface area contributed by atoms with Gasteiger partial charge in [-0.2, -0.15) is 5.26 Å². The third-order valence-corrected chi connectivity index (χ3v) is 3.40. The molecule has 0 aromatic heterocycles. The quantitative estimate of drug-likeness (QED) is 0.855. The molecule has 1 aliphatic heterocycles. The van der Waals surface area contributed by atoms with Crippen LogP contribution in [0.2, 0.25) is 0 Å². The maximum atomic E-state index is 9.96. The van der Waals surface area contributed by atoms with Crippen molar-refractivity contribution in [3.63, 3.8) is 0 Å². The van der Waals surface area contributed by atoms with E-state index in [1.165, 1.54) is 26.0 Å². The van der Waals surface area contributed by atoms with Crippen molar-refractivity contribution in [2.24, 2.45) is 0 Å². The molecule has 0 saturated carbocycles. The summed E-state index contributed by atoms with van der Waals surface area (Å²) in [5, 5.41) is 22.4. The summed E-state index contributed by atoms with van der Waals surface area (Å²) in [6.45, 7) is 1.03. The molecular weight excluding hydrogens is 228 g/mol. The van der Waals surface area contributed by atoms with Gasteiger partial charge < -0.3 is 15.2 Å². The molecule has 0 amide bonds. The number of phenolic OH excluding ortho intramolecular Hbond substituents is 1. The standard InChI is InChI=1S/C14H18N2O2/c1-18-14-8-13(17)10(6-11(14)9-15)7-12-4-2-3-5-16-12/h6,8,12,16-17H,2-5,7H2,1H3. The van der Waals surface area contributed by atoms with Gasteiger partial charge in [-0.25, -0.2) is 0 Å². The lowest BCUT2D eigenvalue weighted by Crippen LogP contribution is -2.35. The molecule has 4 heteroatoms. The Hall–Kier alpha value is -1.73. The lowest BCUT2D eigenvalue weighted by Gasteiger charge is -2.24. The van der Waals surface area contributed by atoms with Gasteiger partial charge in [0.05, 0.1) is 12.7 Å². The van der Waals surface area contributed by atoms with E-state index in [1.54, 1.807) is 6.07 Å². The van der Waals surface area contributed by atoms with Crippen molar-refractivity contribution in [3.05, 3.63) is 23.3 Å². The molecule has 0 bridgehead atoms. The first-order valence-corrected chi connectivity index (χ1v) is 6.28. The number of methoxy groups -OCH3 is 1. The summed E-state index contributed by atoms with van der Waals surface area (Å²) in [7, 11) is 1.50. The van der Waals surface area contributed by atoms with Crippen LogP contribution in [0.15, 0.2) is 12.1 Å². The number of ether oxygens (including phenoxy) is 1. The second-order valence-electron chi connectivity index (χ2n) is 4.64. The Labute approximate surface area is 107 Å². The zero-order valence-electron chi connectivity index (χ0n) is 10.6. The minimum atomic E-state index is 0.207. The molecule has 0 spiro atoms.